The van der Waals surface area contributed by atoms with Crippen molar-refractivity contribution in [3.05, 3.63) is 59.7 Å². The van der Waals surface area contributed by atoms with Crippen LogP contribution < -0.4 is 0 Å². The third-order valence-electron chi connectivity index (χ3n) is 7.57. The van der Waals surface area contributed by atoms with Crippen molar-refractivity contribution >= 4 is 17.2 Å². The van der Waals surface area contributed by atoms with Gasteiger partial charge in [-0.25, -0.2) is 4.31 Å². The van der Waals surface area contributed by atoms with Crippen LogP contribution in [0.4, 0.5) is 0 Å². The Bertz CT molecular complexity index is 881. The average molecular weight is 723 g/mol. The van der Waals surface area contributed by atoms with E-state index in [1.54, 1.807) is 12.1 Å². The molecule has 0 amide bonds. The van der Waals surface area contributed by atoms with Crippen molar-refractivity contribution in [2.24, 2.45) is 5.41 Å². The zero-order valence-corrected chi connectivity index (χ0v) is 30.8. The fourth-order valence-electron chi connectivity index (χ4n) is 4.35. The highest BCUT2D eigenvalue weighted by Gasteiger charge is 2.26. The molecule has 0 aliphatic rings. The first-order valence-electron chi connectivity index (χ1n) is 17.1. The van der Waals surface area contributed by atoms with Gasteiger partial charge in [-0.05, 0) is 48.9 Å². The van der Waals surface area contributed by atoms with Gasteiger partial charge in [-0.1, -0.05) is 127 Å². The topological polar surface area (TPSA) is 212 Å². The lowest BCUT2D eigenvalue weighted by Gasteiger charge is -2.23. The molecule has 0 saturated heterocycles. The summed E-state index contributed by atoms with van der Waals surface area (Å²) in [6.45, 7) is 2.87. The Morgan fingerprint density at radius 3 is 1.00 bits per heavy atom. The number of para-hydroxylation sites is 2. The summed E-state index contributed by atoms with van der Waals surface area (Å²) in [5.74, 6) is 0.905. The van der Waals surface area contributed by atoms with Gasteiger partial charge in [-0.3, -0.25) is 0 Å². The molecule has 0 unspecified atom stereocenters. The average Bonchev–Trinajstić information content (AvgIpc) is 3.07. The van der Waals surface area contributed by atoms with Gasteiger partial charge in [0, 0.05) is 0 Å². The lowest BCUT2D eigenvalue weighted by molar-refractivity contribution is -0.0328. The van der Waals surface area contributed by atoms with E-state index in [0.717, 1.165) is 24.0 Å². The minimum atomic E-state index is -2.61. The van der Waals surface area contributed by atoms with E-state index in [4.69, 9.17) is 40.0 Å². The number of rotatable bonds is 22. The van der Waals surface area contributed by atoms with E-state index in [1.807, 2.05) is 36.4 Å². The lowest BCUT2D eigenvalue weighted by atomic mass is 9.93. The second kappa shape index (κ2) is 34.0. The van der Waals surface area contributed by atoms with Crippen molar-refractivity contribution in [3.63, 3.8) is 0 Å². The van der Waals surface area contributed by atoms with Crippen LogP contribution >= 0.6 is 17.2 Å². The maximum absolute atomic E-state index is 9.58. The Morgan fingerprint density at radius 1 is 0.479 bits per heavy atom. The number of phenolic OH excluding ortho intramolecular Hbond substituents is 2. The molecule has 0 aliphatic carbocycles. The highest BCUT2D eigenvalue weighted by Crippen LogP contribution is 2.41. The molecular formula is C35H64O11P2. The minimum Gasteiger partial charge on any atom is -0.508 e. The number of aliphatic hydroxyl groups is 4. The van der Waals surface area contributed by atoms with Gasteiger partial charge in [0.2, 0.25) is 0 Å². The number of benzene rings is 2. The van der Waals surface area contributed by atoms with E-state index in [1.165, 1.54) is 89.9 Å². The lowest BCUT2D eigenvalue weighted by Crippen LogP contribution is -2.37. The molecule has 0 heterocycles. The molecule has 0 radical (unpaired) electrons. The van der Waals surface area contributed by atoms with E-state index in [-0.39, 0.29) is 0 Å². The van der Waals surface area contributed by atoms with Gasteiger partial charge in [-0.15, -0.1) is 0 Å². The first kappa shape index (κ1) is 48.7. The van der Waals surface area contributed by atoms with Crippen LogP contribution in [0.2, 0.25) is 0 Å². The highest BCUT2D eigenvalue weighted by atomic mass is 31.2. The predicted octanol–water partition coefficient (Wildman–Crippen LogP) is 6.74. The third-order valence-corrected chi connectivity index (χ3v) is 8.74. The van der Waals surface area contributed by atoms with Crippen molar-refractivity contribution in [2.45, 2.75) is 117 Å². The number of hydrogen-bond donors (Lipinski definition) is 10. The van der Waals surface area contributed by atoms with Crippen molar-refractivity contribution < 1.29 is 54.5 Å². The van der Waals surface area contributed by atoms with E-state index in [9.17, 15) is 10.2 Å². The van der Waals surface area contributed by atoms with Crippen LogP contribution in [0.15, 0.2) is 48.5 Å². The van der Waals surface area contributed by atoms with Gasteiger partial charge in [-0.2, -0.15) is 0 Å². The molecule has 48 heavy (non-hydrogen) atoms. The molecule has 2 rings (SSSR count). The van der Waals surface area contributed by atoms with Crippen molar-refractivity contribution in [3.8, 4) is 11.5 Å². The summed E-state index contributed by atoms with van der Waals surface area (Å²) in [6.07, 6.45) is 20.6. The second-order valence-electron chi connectivity index (χ2n) is 11.7. The number of hydrogen-bond acceptors (Lipinski definition) is 11. The van der Waals surface area contributed by atoms with Crippen LogP contribution in [0, 0.1) is 5.41 Å². The standard InChI is InChI=1S/2C15H24O.C5H12O4.H4O5P2/c2*1-2-3-4-5-6-7-8-11-14-12-9-10-13-15(14)16;6-1-5(2-7,3-8)4-9;1-6(2)5-7(3)4/h2*9-10,12-13,16H,2-8,11H2,1H3;6-9H,1-4H2;1-4H. The number of aromatic hydroxyl groups is 2. The molecule has 0 spiro atoms. The van der Waals surface area contributed by atoms with E-state index in [0.29, 0.717) is 11.5 Å². The van der Waals surface area contributed by atoms with Gasteiger partial charge in [0.05, 0.1) is 31.8 Å². The quantitative estimate of drug-likeness (QED) is 0.0454. The number of unbranched alkanes of at least 4 members (excludes halogenated alkanes) is 12. The first-order valence-corrected chi connectivity index (χ1v) is 19.4. The molecule has 13 heteroatoms. The van der Waals surface area contributed by atoms with Crippen LogP contribution in [0.25, 0.3) is 0 Å². The van der Waals surface area contributed by atoms with Crippen molar-refractivity contribution in [1.82, 2.24) is 0 Å². The summed E-state index contributed by atoms with van der Waals surface area (Å²) in [4.78, 5) is 31.3. The van der Waals surface area contributed by atoms with Crippen LogP contribution in [-0.2, 0) is 17.2 Å². The van der Waals surface area contributed by atoms with Crippen molar-refractivity contribution in [2.75, 3.05) is 26.4 Å². The van der Waals surface area contributed by atoms with Gasteiger partial charge in [0.1, 0.15) is 11.5 Å². The summed E-state index contributed by atoms with van der Waals surface area (Å²) in [5, 5.41) is 53.2. The van der Waals surface area contributed by atoms with Crippen LogP contribution in [0.1, 0.15) is 115 Å². The molecule has 280 valence electrons. The minimum absolute atomic E-state index is 0.406. The monoisotopic (exact) mass is 722 g/mol. The Labute approximate surface area is 290 Å². The zero-order valence-electron chi connectivity index (χ0n) is 29.0. The van der Waals surface area contributed by atoms with E-state index < -0.39 is 49.0 Å². The van der Waals surface area contributed by atoms with Gasteiger partial charge < -0.3 is 50.2 Å². The highest BCUT2D eigenvalue weighted by molar-refractivity contribution is 7.53. The van der Waals surface area contributed by atoms with Gasteiger partial charge in [0.25, 0.3) is 0 Å². The Kier molecular flexibility index (Phi) is 34.5. The van der Waals surface area contributed by atoms with Crippen molar-refractivity contribution in [1.29, 1.82) is 0 Å². The Balaban J connectivity index is 0. The number of aliphatic hydroxyl groups excluding tert-OH is 4. The predicted molar refractivity (Wildman–Crippen MR) is 194 cm³/mol. The molecule has 10 N–H and O–H groups in total. The second-order valence-corrected chi connectivity index (χ2v) is 13.4. The SMILES string of the molecule is CCCCCCCCCc1ccccc1O.CCCCCCCCCc1ccccc1O.OCC(CO)(CO)CO.OP(O)OP(O)O. The first-order chi connectivity index (χ1) is 23.1. The molecule has 11 nitrogen and oxygen atoms in total. The summed E-state index contributed by atoms with van der Waals surface area (Å²) >= 11 is 0. The summed E-state index contributed by atoms with van der Waals surface area (Å²) in [7, 11) is -5.22. The maximum Gasteiger partial charge on any atom is 0.334 e. The number of phenols is 2. The van der Waals surface area contributed by atoms with Gasteiger partial charge in [0.15, 0.2) is 0 Å². The smallest absolute Gasteiger partial charge is 0.334 e. The van der Waals surface area contributed by atoms with E-state index >= 15 is 0 Å². The van der Waals surface area contributed by atoms with Crippen LogP contribution in [0.3, 0.4) is 0 Å². The normalized spacial score (nSPS) is 10.9. The largest absolute Gasteiger partial charge is 0.508 e. The molecule has 0 saturated carbocycles. The summed E-state index contributed by atoms with van der Waals surface area (Å²) in [5.41, 5.74) is 1.08. The van der Waals surface area contributed by atoms with E-state index in [2.05, 4.69) is 18.2 Å². The number of aryl methyl sites for hydroxylation is 2. The fraction of sp³-hybridized carbons (Fsp3) is 0.657. The fourth-order valence-corrected chi connectivity index (χ4v) is 4.88. The molecule has 0 fully saturated rings. The molecular weight excluding hydrogens is 658 g/mol. The molecule has 2 aromatic rings. The molecule has 2 aromatic carbocycles. The van der Waals surface area contributed by atoms with Gasteiger partial charge >= 0.3 is 17.2 Å². The van der Waals surface area contributed by atoms with Crippen LogP contribution in [0.5, 0.6) is 11.5 Å². The molecule has 0 atom stereocenters. The van der Waals surface area contributed by atoms with Crippen LogP contribution in [-0.4, -0.2) is 76.6 Å². The molecule has 0 aliphatic heterocycles. The molecule has 0 aromatic heterocycles. The molecule has 0 bridgehead atoms. The Morgan fingerprint density at radius 2 is 0.771 bits per heavy atom. The zero-order chi connectivity index (χ0) is 36.5. The maximum atomic E-state index is 9.58. The summed E-state index contributed by atoms with van der Waals surface area (Å²) < 4.78 is 3.60. The third kappa shape index (κ3) is 28.4. The Hall–Kier alpha value is -1.46. The summed E-state index contributed by atoms with van der Waals surface area (Å²) in [6, 6.07) is 15.3.